The molecule has 1 rings (SSSR count). The topological polar surface area (TPSA) is 20.2 Å². The van der Waals surface area contributed by atoms with Crippen LogP contribution in [0.4, 0.5) is 0 Å². The second-order valence-corrected chi connectivity index (χ2v) is 6.02. The predicted molar refractivity (Wildman–Crippen MR) is 70.2 cm³/mol. The van der Waals surface area contributed by atoms with Crippen LogP contribution in [0, 0.1) is 17.3 Å². The van der Waals surface area contributed by atoms with Crippen LogP contribution in [-0.4, -0.2) is 11.2 Å². The molecule has 1 heteroatoms. The zero-order chi connectivity index (χ0) is 12.5. The Morgan fingerprint density at radius 2 is 2.19 bits per heavy atom. The maximum atomic E-state index is 9.98. The summed E-state index contributed by atoms with van der Waals surface area (Å²) in [5, 5.41) is 9.98. The Morgan fingerprint density at radius 1 is 1.62 bits per heavy atom. The van der Waals surface area contributed by atoms with E-state index in [4.69, 9.17) is 0 Å². The van der Waals surface area contributed by atoms with E-state index in [1.165, 1.54) is 11.1 Å². The van der Waals surface area contributed by atoms with Crippen molar-refractivity contribution >= 4 is 0 Å². The van der Waals surface area contributed by atoms with Crippen molar-refractivity contribution in [1.29, 1.82) is 0 Å². The molecule has 0 fully saturated rings. The van der Waals surface area contributed by atoms with Gasteiger partial charge in [0.05, 0.1) is 6.10 Å². The largest absolute Gasteiger partial charge is 0.393 e. The molecule has 0 aromatic rings. The Bertz CT molecular complexity index is 297. The third-order valence-electron chi connectivity index (χ3n) is 4.34. The summed E-state index contributed by atoms with van der Waals surface area (Å²) in [5.74, 6) is 0.880. The third kappa shape index (κ3) is 2.57. The predicted octanol–water partition coefficient (Wildman–Crippen LogP) is 3.94. The van der Waals surface area contributed by atoms with Crippen LogP contribution in [0.5, 0.6) is 0 Å². The van der Waals surface area contributed by atoms with Crippen molar-refractivity contribution in [2.45, 2.75) is 53.6 Å². The van der Waals surface area contributed by atoms with Crippen molar-refractivity contribution in [3.63, 3.8) is 0 Å². The maximum absolute atomic E-state index is 9.98. The van der Waals surface area contributed by atoms with Crippen molar-refractivity contribution in [3.8, 4) is 0 Å². The molecule has 1 aliphatic carbocycles. The van der Waals surface area contributed by atoms with Crippen molar-refractivity contribution < 1.29 is 5.11 Å². The first-order valence-corrected chi connectivity index (χ1v) is 6.26. The number of aliphatic hydroxyl groups is 1. The molecule has 1 N–H and O–H groups in total. The summed E-state index contributed by atoms with van der Waals surface area (Å²) in [7, 11) is 0. The smallest absolute Gasteiger partial charge is 0.0546 e. The second-order valence-electron chi connectivity index (χ2n) is 6.02. The summed E-state index contributed by atoms with van der Waals surface area (Å²) in [6, 6.07) is 0. The molecule has 1 nitrogen and oxygen atoms in total. The quantitative estimate of drug-likeness (QED) is 0.714. The molecule has 0 aromatic heterocycles. The Kier molecular flexibility index (Phi) is 4.01. The highest BCUT2D eigenvalue weighted by atomic mass is 16.3. The van der Waals surface area contributed by atoms with Gasteiger partial charge in [-0.25, -0.2) is 0 Å². The number of hydrogen-bond acceptors (Lipinski definition) is 1. The molecule has 3 atom stereocenters. The van der Waals surface area contributed by atoms with Gasteiger partial charge < -0.3 is 5.11 Å². The van der Waals surface area contributed by atoms with Crippen LogP contribution in [0.15, 0.2) is 23.8 Å². The molecule has 0 amide bonds. The molecule has 0 aliphatic heterocycles. The standard InChI is InChI=1S/C15H26O/c1-10(2)9-13(12(4)16)14-8-7-11(3)15(14,5)6/h7,12-14,16H,1,8-9H2,2-6H3. The Morgan fingerprint density at radius 3 is 2.50 bits per heavy atom. The van der Waals surface area contributed by atoms with Gasteiger partial charge in [0.25, 0.3) is 0 Å². The van der Waals surface area contributed by atoms with E-state index in [0.29, 0.717) is 11.8 Å². The fraction of sp³-hybridized carbons (Fsp3) is 0.733. The molecule has 0 saturated carbocycles. The van der Waals surface area contributed by atoms with Crippen LogP contribution in [0.3, 0.4) is 0 Å². The van der Waals surface area contributed by atoms with Crippen LogP contribution in [0.25, 0.3) is 0 Å². The van der Waals surface area contributed by atoms with Crippen LogP contribution in [-0.2, 0) is 0 Å². The van der Waals surface area contributed by atoms with E-state index < -0.39 is 0 Å². The first kappa shape index (κ1) is 13.5. The summed E-state index contributed by atoms with van der Waals surface area (Å²) in [5.41, 5.74) is 2.85. The van der Waals surface area contributed by atoms with E-state index in [1.807, 2.05) is 6.92 Å². The van der Waals surface area contributed by atoms with E-state index in [9.17, 15) is 5.11 Å². The lowest BCUT2D eigenvalue weighted by Crippen LogP contribution is -2.34. The van der Waals surface area contributed by atoms with E-state index >= 15 is 0 Å². The number of aliphatic hydroxyl groups excluding tert-OH is 1. The van der Waals surface area contributed by atoms with E-state index in [2.05, 4.69) is 40.3 Å². The summed E-state index contributed by atoms with van der Waals surface area (Å²) in [6.45, 7) is 14.8. The minimum atomic E-state index is -0.250. The first-order valence-electron chi connectivity index (χ1n) is 6.26. The lowest BCUT2D eigenvalue weighted by atomic mass is 9.68. The monoisotopic (exact) mass is 222 g/mol. The van der Waals surface area contributed by atoms with Crippen LogP contribution >= 0.6 is 0 Å². The molecule has 3 unspecified atom stereocenters. The van der Waals surface area contributed by atoms with Crippen molar-refractivity contribution in [2.24, 2.45) is 17.3 Å². The molecular weight excluding hydrogens is 196 g/mol. The second kappa shape index (κ2) is 4.75. The van der Waals surface area contributed by atoms with Gasteiger partial charge >= 0.3 is 0 Å². The molecule has 92 valence electrons. The molecule has 16 heavy (non-hydrogen) atoms. The molecule has 0 aromatic carbocycles. The van der Waals surface area contributed by atoms with Gasteiger partial charge in [-0.15, -0.1) is 6.58 Å². The highest BCUT2D eigenvalue weighted by Crippen LogP contribution is 2.48. The fourth-order valence-electron chi connectivity index (χ4n) is 2.92. The minimum absolute atomic E-state index is 0.219. The van der Waals surface area contributed by atoms with Crippen LogP contribution < -0.4 is 0 Å². The lowest BCUT2D eigenvalue weighted by molar-refractivity contribution is 0.0547. The molecule has 0 spiro atoms. The van der Waals surface area contributed by atoms with Crippen molar-refractivity contribution in [1.82, 2.24) is 0 Å². The number of rotatable bonds is 4. The van der Waals surface area contributed by atoms with Crippen molar-refractivity contribution in [2.75, 3.05) is 0 Å². The maximum Gasteiger partial charge on any atom is 0.0546 e. The average Bonchev–Trinajstić information content (AvgIpc) is 2.38. The minimum Gasteiger partial charge on any atom is -0.393 e. The number of allylic oxidation sites excluding steroid dienone is 3. The first-order chi connectivity index (χ1) is 7.26. The van der Waals surface area contributed by atoms with Gasteiger partial charge in [0.2, 0.25) is 0 Å². The molecular formula is C15H26O. The zero-order valence-electron chi connectivity index (χ0n) is 11.4. The summed E-state index contributed by atoms with van der Waals surface area (Å²) in [6.07, 6.45) is 4.12. The van der Waals surface area contributed by atoms with Crippen LogP contribution in [0.2, 0.25) is 0 Å². The Hall–Kier alpha value is -0.560. The number of hydrogen-bond donors (Lipinski definition) is 1. The molecule has 1 aliphatic rings. The summed E-state index contributed by atoms with van der Waals surface area (Å²) in [4.78, 5) is 0. The Balaban J connectivity index is 2.86. The zero-order valence-corrected chi connectivity index (χ0v) is 11.4. The van der Waals surface area contributed by atoms with Gasteiger partial charge in [-0.2, -0.15) is 0 Å². The van der Waals surface area contributed by atoms with E-state index in [-0.39, 0.29) is 11.5 Å². The summed E-state index contributed by atoms with van der Waals surface area (Å²) >= 11 is 0. The van der Waals surface area contributed by atoms with Gasteiger partial charge in [0, 0.05) is 0 Å². The van der Waals surface area contributed by atoms with E-state index in [0.717, 1.165) is 12.8 Å². The molecule has 0 bridgehead atoms. The average molecular weight is 222 g/mol. The fourth-order valence-corrected chi connectivity index (χ4v) is 2.92. The van der Waals surface area contributed by atoms with Gasteiger partial charge in [-0.1, -0.05) is 31.1 Å². The van der Waals surface area contributed by atoms with Gasteiger partial charge in [-0.3, -0.25) is 0 Å². The van der Waals surface area contributed by atoms with Crippen LogP contribution in [0.1, 0.15) is 47.5 Å². The van der Waals surface area contributed by atoms with Gasteiger partial charge in [-0.05, 0) is 50.9 Å². The molecule has 0 saturated heterocycles. The lowest BCUT2D eigenvalue weighted by Gasteiger charge is -2.37. The SMILES string of the molecule is C=C(C)CC(C(C)O)C1CC=C(C)C1(C)C. The van der Waals surface area contributed by atoms with Gasteiger partial charge in [0.1, 0.15) is 0 Å². The third-order valence-corrected chi connectivity index (χ3v) is 4.34. The summed E-state index contributed by atoms with van der Waals surface area (Å²) < 4.78 is 0. The highest BCUT2D eigenvalue weighted by molar-refractivity contribution is 5.19. The van der Waals surface area contributed by atoms with E-state index in [1.54, 1.807) is 0 Å². The highest BCUT2D eigenvalue weighted by Gasteiger charge is 2.41. The van der Waals surface area contributed by atoms with Crippen molar-refractivity contribution in [3.05, 3.63) is 23.8 Å². The van der Waals surface area contributed by atoms with Gasteiger partial charge in [0.15, 0.2) is 0 Å². The molecule has 0 heterocycles. The normalized spacial score (nSPS) is 27.4. The Labute approximate surface area is 100 Å². The molecule has 0 radical (unpaired) electrons.